The summed E-state index contributed by atoms with van der Waals surface area (Å²) >= 11 is 0. The first-order valence-electron chi connectivity index (χ1n) is 9.64. The number of nitrogens with zero attached hydrogens (tertiary/aromatic N) is 1. The van der Waals surface area contributed by atoms with Crippen LogP contribution in [0.5, 0.6) is 0 Å². The standard InChI is InChI=1S/C19H36N2/c1-3-17-14-20-19(12-8-5-9-13-19)16-21(17)15-18(2)10-6-4-7-11-18/h17,20H,3-16H2,1-2H3. The van der Waals surface area contributed by atoms with Gasteiger partial charge >= 0.3 is 0 Å². The van der Waals surface area contributed by atoms with Crippen molar-refractivity contribution in [3.63, 3.8) is 0 Å². The Balaban J connectivity index is 1.67. The lowest BCUT2D eigenvalue weighted by Crippen LogP contribution is -2.65. The van der Waals surface area contributed by atoms with Gasteiger partial charge in [0.2, 0.25) is 0 Å². The zero-order valence-corrected chi connectivity index (χ0v) is 14.4. The molecular formula is C19H36N2. The lowest BCUT2D eigenvalue weighted by molar-refractivity contribution is 0.0146. The lowest BCUT2D eigenvalue weighted by atomic mass is 9.74. The molecule has 122 valence electrons. The van der Waals surface area contributed by atoms with Gasteiger partial charge in [0.05, 0.1) is 0 Å². The SMILES string of the molecule is CCC1CNC2(CCCCC2)CN1CC1(C)CCCCC1. The van der Waals surface area contributed by atoms with Crippen LogP contribution in [0, 0.1) is 5.41 Å². The molecule has 1 saturated heterocycles. The molecular weight excluding hydrogens is 256 g/mol. The van der Waals surface area contributed by atoms with E-state index in [1.54, 1.807) is 0 Å². The molecule has 21 heavy (non-hydrogen) atoms. The van der Waals surface area contributed by atoms with Gasteiger partial charge < -0.3 is 5.32 Å². The van der Waals surface area contributed by atoms with Crippen LogP contribution in [-0.4, -0.2) is 36.1 Å². The van der Waals surface area contributed by atoms with Gasteiger partial charge in [-0.2, -0.15) is 0 Å². The quantitative estimate of drug-likeness (QED) is 0.832. The van der Waals surface area contributed by atoms with Gasteiger partial charge in [0.25, 0.3) is 0 Å². The summed E-state index contributed by atoms with van der Waals surface area (Å²) in [5, 5.41) is 3.97. The fourth-order valence-corrected chi connectivity index (χ4v) is 5.24. The summed E-state index contributed by atoms with van der Waals surface area (Å²) in [5.74, 6) is 0. The molecule has 0 bridgehead atoms. The van der Waals surface area contributed by atoms with E-state index in [9.17, 15) is 0 Å². The van der Waals surface area contributed by atoms with Crippen molar-refractivity contribution in [3.8, 4) is 0 Å². The largest absolute Gasteiger partial charge is 0.308 e. The Kier molecular flexibility index (Phi) is 4.95. The first kappa shape index (κ1) is 15.8. The average molecular weight is 293 g/mol. The second kappa shape index (κ2) is 6.58. The van der Waals surface area contributed by atoms with Crippen molar-refractivity contribution in [2.24, 2.45) is 5.41 Å². The number of hydrogen-bond donors (Lipinski definition) is 1. The van der Waals surface area contributed by atoms with Gasteiger partial charge in [-0.3, -0.25) is 4.90 Å². The molecule has 3 rings (SSSR count). The maximum Gasteiger partial charge on any atom is 0.0309 e. The van der Waals surface area contributed by atoms with Gasteiger partial charge in [-0.25, -0.2) is 0 Å². The predicted molar refractivity (Wildman–Crippen MR) is 90.7 cm³/mol. The maximum absolute atomic E-state index is 3.97. The van der Waals surface area contributed by atoms with E-state index in [1.165, 1.54) is 90.3 Å². The summed E-state index contributed by atoms with van der Waals surface area (Å²) in [5.41, 5.74) is 1.06. The van der Waals surface area contributed by atoms with Crippen molar-refractivity contribution >= 4 is 0 Å². The highest BCUT2D eigenvalue weighted by Gasteiger charge is 2.41. The van der Waals surface area contributed by atoms with E-state index < -0.39 is 0 Å². The maximum atomic E-state index is 3.97. The van der Waals surface area contributed by atoms with E-state index in [-0.39, 0.29) is 0 Å². The van der Waals surface area contributed by atoms with Crippen LogP contribution in [0.1, 0.15) is 84.5 Å². The zero-order valence-electron chi connectivity index (χ0n) is 14.4. The molecule has 3 fully saturated rings. The molecule has 2 aliphatic carbocycles. The van der Waals surface area contributed by atoms with Crippen molar-refractivity contribution in [1.29, 1.82) is 0 Å². The minimum atomic E-state index is 0.467. The van der Waals surface area contributed by atoms with Crippen LogP contribution in [0.3, 0.4) is 0 Å². The first-order chi connectivity index (χ1) is 10.1. The van der Waals surface area contributed by atoms with Crippen molar-refractivity contribution < 1.29 is 0 Å². The minimum Gasteiger partial charge on any atom is -0.308 e. The molecule has 1 heterocycles. The monoisotopic (exact) mass is 292 g/mol. The number of hydrogen-bond acceptors (Lipinski definition) is 2. The molecule has 2 saturated carbocycles. The van der Waals surface area contributed by atoms with Gasteiger partial charge in [0.1, 0.15) is 0 Å². The molecule has 1 atom stereocenters. The van der Waals surface area contributed by atoms with Crippen LogP contribution < -0.4 is 5.32 Å². The van der Waals surface area contributed by atoms with Crippen LogP contribution in [0.15, 0.2) is 0 Å². The molecule has 1 unspecified atom stereocenters. The average Bonchev–Trinajstić information content (AvgIpc) is 2.49. The van der Waals surface area contributed by atoms with Crippen LogP contribution in [0.2, 0.25) is 0 Å². The van der Waals surface area contributed by atoms with E-state index in [1.807, 2.05) is 0 Å². The first-order valence-corrected chi connectivity index (χ1v) is 9.64. The normalized spacial score (nSPS) is 33.1. The van der Waals surface area contributed by atoms with Crippen LogP contribution in [0.4, 0.5) is 0 Å². The second-order valence-electron chi connectivity index (χ2n) is 8.56. The third-order valence-electron chi connectivity index (χ3n) is 6.66. The Bertz CT molecular complexity index is 324. The van der Waals surface area contributed by atoms with Crippen LogP contribution in [0.25, 0.3) is 0 Å². The van der Waals surface area contributed by atoms with Gasteiger partial charge in [-0.1, -0.05) is 52.4 Å². The smallest absolute Gasteiger partial charge is 0.0309 e. The molecule has 2 heteroatoms. The molecule has 0 aromatic rings. The fraction of sp³-hybridized carbons (Fsp3) is 1.00. The van der Waals surface area contributed by atoms with Crippen molar-refractivity contribution in [3.05, 3.63) is 0 Å². The third-order valence-corrected chi connectivity index (χ3v) is 6.66. The number of nitrogens with one attached hydrogen (secondary N) is 1. The Labute approximate surface area is 132 Å². The molecule has 0 aromatic heterocycles. The molecule has 2 nitrogen and oxygen atoms in total. The van der Waals surface area contributed by atoms with Crippen LogP contribution >= 0.6 is 0 Å². The molecule has 1 N–H and O–H groups in total. The Hall–Kier alpha value is -0.0800. The van der Waals surface area contributed by atoms with E-state index in [0.717, 1.165) is 6.04 Å². The van der Waals surface area contributed by atoms with Crippen molar-refractivity contribution in [1.82, 2.24) is 10.2 Å². The molecule has 3 aliphatic rings. The van der Waals surface area contributed by atoms with Crippen molar-refractivity contribution in [2.45, 2.75) is 96.1 Å². The van der Waals surface area contributed by atoms with Gasteiger partial charge in [0.15, 0.2) is 0 Å². The van der Waals surface area contributed by atoms with Crippen molar-refractivity contribution in [2.75, 3.05) is 19.6 Å². The van der Waals surface area contributed by atoms with E-state index >= 15 is 0 Å². The van der Waals surface area contributed by atoms with Gasteiger partial charge in [-0.05, 0) is 37.5 Å². The second-order valence-corrected chi connectivity index (χ2v) is 8.56. The summed E-state index contributed by atoms with van der Waals surface area (Å²) in [6.45, 7) is 8.85. The summed E-state index contributed by atoms with van der Waals surface area (Å²) in [7, 11) is 0. The molecule has 1 spiro atoms. The number of rotatable bonds is 3. The van der Waals surface area contributed by atoms with Gasteiger partial charge in [-0.15, -0.1) is 0 Å². The molecule has 0 aromatic carbocycles. The number of piperazine rings is 1. The lowest BCUT2D eigenvalue weighted by Gasteiger charge is -2.52. The summed E-state index contributed by atoms with van der Waals surface area (Å²) in [4.78, 5) is 2.90. The van der Waals surface area contributed by atoms with Crippen LogP contribution in [-0.2, 0) is 0 Å². The summed E-state index contributed by atoms with van der Waals surface area (Å²) < 4.78 is 0. The van der Waals surface area contributed by atoms with Gasteiger partial charge in [0, 0.05) is 31.2 Å². The summed E-state index contributed by atoms with van der Waals surface area (Å²) in [6, 6.07) is 0.774. The zero-order chi connectivity index (χ0) is 14.8. The Morgan fingerprint density at radius 1 is 0.952 bits per heavy atom. The fourth-order valence-electron chi connectivity index (χ4n) is 5.24. The molecule has 0 radical (unpaired) electrons. The molecule has 1 aliphatic heterocycles. The highest BCUT2D eigenvalue weighted by Crippen LogP contribution is 2.39. The Morgan fingerprint density at radius 2 is 1.57 bits per heavy atom. The topological polar surface area (TPSA) is 15.3 Å². The highest BCUT2D eigenvalue weighted by atomic mass is 15.3. The summed E-state index contributed by atoms with van der Waals surface area (Å²) in [6.07, 6.45) is 15.8. The van der Waals surface area contributed by atoms with E-state index in [4.69, 9.17) is 0 Å². The minimum absolute atomic E-state index is 0.467. The van der Waals surface area contributed by atoms with E-state index in [0.29, 0.717) is 11.0 Å². The highest BCUT2D eigenvalue weighted by molar-refractivity contribution is 5.00. The van der Waals surface area contributed by atoms with E-state index in [2.05, 4.69) is 24.1 Å². The molecule has 0 amide bonds. The third kappa shape index (κ3) is 3.64. The Morgan fingerprint density at radius 3 is 2.19 bits per heavy atom. The predicted octanol–water partition coefficient (Wildman–Crippen LogP) is 4.34.